The van der Waals surface area contributed by atoms with Crippen molar-refractivity contribution in [1.82, 2.24) is 9.80 Å². The van der Waals surface area contributed by atoms with E-state index in [1.807, 2.05) is 57.3 Å². The van der Waals surface area contributed by atoms with Crippen LogP contribution in [0.4, 0.5) is 0 Å². The number of aliphatic carboxylic acids is 1. The Morgan fingerprint density at radius 1 is 0.914 bits per heavy atom. The zero-order valence-electron chi connectivity index (χ0n) is 21.1. The number of rotatable bonds is 10. The molecule has 0 aromatic heterocycles. The van der Waals surface area contributed by atoms with Crippen LogP contribution in [0.1, 0.15) is 43.5 Å². The van der Waals surface area contributed by atoms with E-state index in [-0.39, 0.29) is 18.1 Å². The minimum atomic E-state index is -1.25. The molecule has 1 unspecified atom stereocenters. The van der Waals surface area contributed by atoms with E-state index in [0.717, 1.165) is 16.9 Å². The lowest BCUT2D eigenvalue weighted by Crippen LogP contribution is -2.54. The summed E-state index contributed by atoms with van der Waals surface area (Å²) in [6, 6.07) is 15.0. The number of hydrogen-bond acceptors (Lipinski definition) is 5. The van der Waals surface area contributed by atoms with Gasteiger partial charge < -0.3 is 19.6 Å². The van der Waals surface area contributed by atoms with E-state index in [0.29, 0.717) is 44.6 Å². The third-order valence-corrected chi connectivity index (χ3v) is 7.47. The Kier molecular flexibility index (Phi) is 8.67. The molecule has 1 amide bonds. The van der Waals surface area contributed by atoms with Crippen LogP contribution < -0.4 is 4.74 Å². The minimum absolute atomic E-state index is 0.0122. The first-order valence-electron chi connectivity index (χ1n) is 12.2. The first kappa shape index (κ1) is 26.4. The van der Waals surface area contributed by atoms with Crippen LogP contribution in [0.3, 0.4) is 0 Å². The molecule has 7 heteroatoms. The van der Waals surface area contributed by atoms with Gasteiger partial charge in [-0.1, -0.05) is 50.2 Å². The predicted molar refractivity (Wildman–Crippen MR) is 136 cm³/mol. The molecule has 1 atom stereocenters. The van der Waals surface area contributed by atoms with Crippen LogP contribution in [0, 0.1) is 11.3 Å². The Hall–Kier alpha value is -3.19. The number of carbonyl (C=O) groups excluding carboxylic acids is 2. The lowest BCUT2D eigenvalue weighted by molar-refractivity contribution is -0.159. The Morgan fingerprint density at radius 3 is 1.89 bits per heavy atom. The summed E-state index contributed by atoms with van der Waals surface area (Å²) in [5.74, 6) is -2.15. The number of Topliss-reactive ketones (excluding diaryl/α,β-unsaturated/α-hetero) is 1. The van der Waals surface area contributed by atoms with E-state index in [4.69, 9.17) is 4.74 Å². The highest BCUT2D eigenvalue weighted by atomic mass is 16.5. The van der Waals surface area contributed by atoms with Gasteiger partial charge in [0, 0.05) is 38.2 Å². The van der Waals surface area contributed by atoms with Gasteiger partial charge in [0.05, 0.1) is 7.11 Å². The summed E-state index contributed by atoms with van der Waals surface area (Å²) in [6.07, 6.45) is 0.865. The summed E-state index contributed by atoms with van der Waals surface area (Å²) >= 11 is 0. The standard InChI is InChI=1S/C28H36N2O5/c1-5-28(6-2,25(27(33)34)26(32)30-17-15-29(3)16-18-30)19-24(31)22-9-7-20(8-10-22)21-11-13-23(35-4)14-12-21/h7-14,25H,5-6,15-19H2,1-4H3,(H,33,34). The zero-order chi connectivity index (χ0) is 25.6. The summed E-state index contributed by atoms with van der Waals surface area (Å²) in [6.45, 7) is 6.17. The van der Waals surface area contributed by atoms with Gasteiger partial charge >= 0.3 is 5.97 Å². The maximum absolute atomic E-state index is 13.4. The van der Waals surface area contributed by atoms with E-state index in [1.54, 1.807) is 24.1 Å². The first-order valence-corrected chi connectivity index (χ1v) is 12.2. The maximum Gasteiger partial charge on any atom is 0.316 e. The van der Waals surface area contributed by atoms with Crippen LogP contribution in [0.25, 0.3) is 11.1 Å². The Bertz CT molecular complexity index is 1020. The first-order chi connectivity index (χ1) is 16.7. The van der Waals surface area contributed by atoms with Crippen LogP contribution >= 0.6 is 0 Å². The molecule has 1 heterocycles. The number of nitrogens with zero attached hydrogens (tertiary/aromatic N) is 2. The number of carboxylic acids is 1. The van der Waals surface area contributed by atoms with Crippen LogP contribution in [-0.2, 0) is 9.59 Å². The summed E-state index contributed by atoms with van der Waals surface area (Å²) in [7, 11) is 3.60. The number of ketones is 1. The third-order valence-electron chi connectivity index (χ3n) is 7.47. The van der Waals surface area contributed by atoms with Crippen molar-refractivity contribution in [2.24, 2.45) is 11.3 Å². The number of benzene rings is 2. The minimum Gasteiger partial charge on any atom is -0.497 e. The van der Waals surface area contributed by atoms with E-state index < -0.39 is 17.3 Å². The van der Waals surface area contributed by atoms with E-state index >= 15 is 0 Å². The van der Waals surface area contributed by atoms with Crippen molar-refractivity contribution in [2.75, 3.05) is 40.3 Å². The average molecular weight is 481 g/mol. The molecule has 188 valence electrons. The predicted octanol–water partition coefficient (Wildman–Crippen LogP) is 4.22. The Balaban J connectivity index is 1.81. The molecule has 0 radical (unpaired) electrons. The molecule has 0 bridgehead atoms. The number of methoxy groups -OCH3 is 1. The molecular weight excluding hydrogens is 444 g/mol. The summed E-state index contributed by atoms with van der Waals surface area (Å²) in [5.41, 5.74) is 1.54. The molecule has 35 heavy (non-hydrogen) atoms. The maximum atomic E-state index is 13.4. The lowest BCUT2D eigenvalue weighted by atomic mass is 9.67. The molecule has 1 aliphatic rings. The Labute approximate surface area is 207 Å². The van der Waals surface area contributed by atoms with E-state index in [9.17, 15) is 19.5 Å². The molecule has 0 spiro atoms. The van der Waals surface area contributed by atoms with Gasteiger partial charge in [-0.15, -0.1) is 0 Å². The van der Waals surface area contributed by atoms with E-state index in [2.05, 4.69) is 4.90 Å². The van der Waals surface area contributed by atoms with E-state index in [1.165, 1.54) is 0 Å². The number of ether oxygens (including phenoxy) is 1. The monoisotopic (exact) mass is 480 g/mol. The highest BCUT2D eigenvalue weighted by molar-refractivity contribution is 6.01. The third kappa shape index (κ3) is 5.90. The fourth-order valence-corrected chi connectivity index (χ4v) is 4.90. The normalized spacial score (nSPS) is 15.5. The zero-order valence-corrected chi connectivity index (χ0v) is 21.1. The molecular formula is C28H36N2O5. The van der Waals surface area contributed by atoms with Crippen LogP contribution in [0.15, 0.2) is 48.5 Å². The van der Waals surface area contributed by atoms with Gasteiger partial charge in [0.25, 0.3) is 0 Å². The van der Waals surface area contributed by atoms with Crippen LogP contribution in [0.2, 0.25) is 0 Å². The highest BCUT2D eigenvalue weighted by Crippen LogP contribution is 2.41. The summed E-state index contributed by atoms with van der Waals surface area (Å²) in [5, 5.41) is 10.1. The van der Waals surface area contributed by atoms with Crippen molar-refractivity contribution in [1.29, 1.82) is 0 Å². The van der Waals surface area contributed by atoms with Crippen LogP contribution in [0.5, 0.6) is 5.75 Å². The number of piperazine rings is 1. The molecule has 1 saturated heterocycles. The molecule has 1 fully saturated rings. The quantitative estimate of drug-likeness (QED) is 0.405. The smallest absolute Gasteiger partial charge is 0.316 e. The van der Waals surface area contributed by atoms with Gasteiger partial charge in [0.1, 0.15) is 11.7 Å². The molecule has 7 nitrogen and oxygen atoms in total. The topological polar surface area (TPSA) is 87.2 Å². The Morgan fingerprint density at radius 2 is 1.43 bits per heavy atom. The summed E-state index contributed by atoms with van der Waals surface area (Å²) in [4.78, 5) is 42.9. The molecule has 2 aromatic carbocycles. The van der Waals surface area contributed by atoms with Crippen molar-refractivity contribution in [2.45, 2.75) is 33.1 Å². The van der Waals surface area contributed by atoms with Crippen molar-refractivity contribution in [3.8, 4) is 16.9 Å². The largest absolute Gasteiger partial charge is 0.497 e. The van der Waals surface area contributed by atoms with Gasteiger partial charge in [0.2, 0.25) is 5.91 Å². The van der Waals surface area contributed by atoms with Gasteiger partial charge in [0.15, 0.2) is 5.78 Å². The molecule has 2 aromatic rings. The second-order valence-corrected chi connectivity index (χ2v) is 9.38. The van der Waals surface area contributed by atoms with Crippen LogP contribution in [-0.4, -0.2) is 72.9 Å². The summed E-state index contributed by atoms with van der Waals surface area (Å²) < 4.78 is 5.20. The fraction of sp³-hybridized carbons (Fsp3) is 0.464. The number of carboxylic acid groups (broad SMARTS) is 1. The average Bonchev–Trinajstić information content (AvgIpc) is 2.88. The molecule has 1 aliphatic heterocycles. The van der Waals surface area contributed by atoms with Crippen molar-refractivity contribution in [3.05, 3.63) is 54.1 Å². The lowest BCUT2D eigenvalue weighted by Gasteiger charge is -2.40. The second kappa shape index (κ2) is 11.5. The molecule has 0 saturated carbocycles. The van der Waals surface area contributed by atoms with Crippen molar-refractivity contribution in [3.63, 3.8) is 0 Å². The van der Waals surface area contributed by atoms with Gasteiger partial charge in [-0.3, -0.25) is 14.4 Å². The molecule has 0 aliphatic carbocycles. The van der Waals surface area contributed by atoms with Gasteiger partial charge in [-0.05, 0) is 48.6 Å². The molecule has 3 rings (SSSR count). The van der Waals surface area contributed by atoms with Gasteiger partial charge in [-0.25, -0.2) is 0 Å². The SMILES string of the molecule is CCC(CC)(CC(=O)c1ccc(-c2ccc(OC)cc2)cc1)C(C(=O)O)C(=O)N1CCN(C)CC1. The van der Waals surface area contributed by atoms with Crippen molar-refractivity contribution >= 4 is 17.7 Å². The second-order valence-electron chi connectivity index (χ2n) is 9.38. The number of amides is 1. The van der Waals surface area contributed by atoms with Crippen molar-refractivity contribution < 1.29 is 24.2 Å². The number of likely N-dealkylation sites (N-methyl/N-ethyl adjacent to an activating group) is 1. The number of carbonyl (C=O) groups is 3. The van der Waals surface area contributed by atoms with Gasteiger partial charge in [-0.2, -0.15) is 0 Å². The highest BCUT2D eigenvalue weighted by Gasteiger charge is 2.48. The fourth-order valence-electron chi connectivity index (χ4n) is 4.90. The molecule has 1 N–H and O–H groups in total. The number of hydrogen-bond donors (Lipinski definition) is 1.